The van der Waals surface area contributed by atoms with Gasteiger partial charge in [-0.2, -0.15) is 5.26 Å². The SMILES string of the molecule is N#Cc1cccc(C(O)C(O)CN)c1. The summed E-state index contributed by atoms with van der Waals surface area (Å²) in [6, 6.07) is 8.41. The lowest BCUT2D eigenvalue weighted by atomic mass is 10.0. The van der Waals surface area contributed by atoms with Crippen LogP contribution in [0, 0.1) is 11.3 Å². The van der Waals surface area contributed by atoms with E-state index in [1.165, 1.54) is 6.07 Å². The topological polar surface area (TPSA) is 90.3 Å². The molecule has 0 aliphatic heterocycles. The molecule has 1 aromatic carbocycles. The summed E-state index contributed by atoms with van der Waals surface area (Å²) in [7, 11) is 0. The number of aliphatic hydroxyl groups is 2. The maximum absolute atomic E-state index is 9.57. The molecule has 0 amide bonds. The first kappa shape index (κ1) is 10.7. The van der Waals surface area contributed by atoms with Gasteiger partial charge in [0.2, 0.25) is 0 Å². The van der Waals surface area contributed by atoms with Crippen LogP contribution in [0.4, 0.5) is 0 Å². The van der Waals surface area contributed by atoms with Crippen molar-refractivity contribution >= 4 is 0 Å². The summed E-state index contributed by atoms with van der Waals surface area (Å²) in [5.74, 6) is 0. The summed E-state index contributed by atoms with van der Waals surface area (Å²) in [6.45, 7) is -0.0159. The molecule has 0 aliphatic rings. The average molecular weight is 192 g/mol. The highest BCUT2D eigenvalue weighted by Crippen LogP contribution is 2.17. The summed E-state index contributed by atoms with van der Waals surface area (Å²) in [5.41, 5.74) is 6.16. The first-order chi connectivity index (χ1) is 6.69. The van der Waals surface area contributed by atoms with Crippen LogP contribution in [0.3, 0.4) is 0 Å². The highest BCUT2D eigenvalue weighted by molar-refractivity contribution is 5.34. The third kappa shape index (κ3) is 2.30. The molecule has 0 aromatic heterocycles. The molecule has 2 atom stereocenters. The zero-order valence-corrected chi connectivity index (χ0v) is 7.59. The van der Waals surface area contributed by atoms with E-state index < -0.39 is 12.2 Å². The first-order valence-electron chi connectivity index (χ1n) is 4.25. The molecule has 0 saturated heterocycles. The lowest BCUT2D eigenvalue weighted by Crippen LogP contribution is -2.27. The van der Waals surface area contributed by atoms with Crippen LogP contribution in [0.15, 0.2) is 24.3 Å². The van der Waals surface area contributed by atoms with E-state index in [2.05, 4.69) is 0 Å². The zero-order valence-electron chi connectivity index (χ0n) is 7.59. The van der Waals surface area contributed by atoms with Gasteiger partial charge in [0.25, 0.3) is 0 Å². The van der Waals surface area contributed by atoms with E-state index in [1.54, 1.807) is 18.2 Å². The lowest BCUT2D eigenvalue weighted by molar-refractivity contribution is 0.0243. The predicted molar refractivity (Wildman–Crippen MR) is 51.2 cm³/mol. The number of nitriles is 1. The minimum atomic E-state index is -1.03. The smallest absolute Gasteiger partial charge is 0.106 e. The van der Waals surface area contributed by atoms with Gasteiger partial charge >= 0.3 is 0 Å². The molecule has 0 heterocycles. The molecule has 74 valence electrons. The molecule has 4 nitrogen and oxygen atoms in total. The van der Waals surface area contributed by atoms with Crippen LogP contribution in [0.5, 0.6) is 0 Å². The molecular formula is C10H12N2O2. The van der Waals surface area contributed by atoms with Crippen molar-refractivity contribution in [2.75, 3.05) is 6.54 Å². The Balaban J connectivity index is 2.91. The highest BCUT2D eigenvalue weighted by Gasteiger charge is 2.16. The Morgan fingerprint density at radius 1 is 1.43 bits per heavy atom. The Hall–Kier alpha value is -1.41. The Morgan fingerprint density at radius 2 is 2.14 bits per heavy atom. The molecule has 0 saturated carbocycles. The van der Waals surface area contributed by atoms with E-state index in [-0.39, 0.29) is 6.54 Å². The van der Waals surface area contributed by atoms with Gasteiger partial charge in [-0.1, -0.05) is 12.1 Å². The molecule has 0 bridgehead atoms. The average Bonchev–Trinajstić information content (AvgIpc) is 2.27. The molecule has 0 radical (unpaired) electrons. The van der Waals surface area contributed by atoms with E-state index in [9.17, 15) is 10.2 Å². The molecule has 0 spiro atoms. The second kappa shape index (κ2) is 4.72. The Bertz CT molecular complexity index is 346. The highest BCUT2D eigenvalue weighted by atomic mass is 16.3. The van der Waals surface area contributed by atoms with Crippen LogP contribution in [-0.4, -0.2) is 22.9 Å². The van der Waals surface area contributed by atoms with Crippen LogP contribution in [-0.2, 0) is 0 Å². The first-order valence-corrected chi connectivity index (χ1v) is 4.25. The molecule has 2 unspecified atom stereocenters. The maximum Gasteiger partial charge on any atom is 0.106 e. The minimum absolute atomic E-state index is 0.0159. The fraction of sp³-hybridized carbons (Fsp3) is 0.300. The molecule has 1 rings (SSSR count). The number of nitrogens with zero attached hydrogens (tertiary/aromatic N) is 1. The minimum Gasteiger partial charge on any atom is -0.389 e. The van der Waals surface area contributed by atoms with Gasteiger partial charge in [0, 0.05) is 6.54 Å². The summed E-state index contributed by atoms with van der Waals surface area (Å²) in [4.78, 5) is 0. The summed E-state index contributed by atoms with van der Waals surface area (Å²) < 4.78 is 0. The van der Waals surface area contributed by atoms with Gasteiger partial charge in [0.05, 0.1) is 17.7 Å². The Morgan fingerprint density at radius 3 is 2.71 bits per heavy atom. The fourth-order valence-electron chi connectivity index (χ4n) is 1.14. The van der Waals surface area contributed by atoms with E-state index in [1.807, 2.05) is 6.07 Å². The number of rotatable bonds is 3. The molecular weight excluding hydrogens is 180 g/mol. The summed E-state index contributed by atoms with van der Waals surface area (Å²) in [6.07, 6.45) is -2.03. The van der Waals surface area contributed by atoms with Gasteiger partial charge in [-0.15, -0.1) is 0 Å². The van der Waals surface area contributed by atoms with Crippen molar-refractivity contribution in [1.29, 1.82) is 5.26 Å². The summed E-state index contributed by atoms with van der Waals surface area (Å²) in [5, 5.41) is 27.5. The molecule has 1 aromatic rings. The van der Waals surface area contributed by atoms with Crippen molar-refractivity contribution in [2.45, 2.75) is 12.2 Å². The molecule has 14 heavy (non-hydrogen) atoms. The summed E-state index contributed by atoms with van der Waals surface area (Å²) >= 11 is 0. The van der Waals surface area contributed by atoms with Crippen LogP contribution in [0.25, 0.3) is 0 Å². The van der Waals surface area contributed by atoms with Crippen molar-refractivity contribution < 1.29 is 10.2 Å². The van der Waals surface area contributed by atoms with E-state index in [0.29, 0.717) is 11.1 Å². The lowest BCUT2D eigenvalue weighted by Gasteiger charge is -2.16. The van der Waals surface area contributed by atoms with Gasteiger partial charge in [0.15, 0.2) is 0 Å². The van der Waals surface area contributed by atoms with Crippen molar-refractivity contribution in [3.8, 4) is 6.07 Å². The number of nitrogens with two attached hydrogens (primary N) is 1. The predicted octanol–water partition coefficient (Wildman–Crippen LogP) is -0.0887. The molecule has 0 aliphatic carbocycles. The quantitative estimate of drug-likeness (QED) is 0.624. The van der Waals surface area contributed by atoms with Crippen molar-refractivity contribution in [3.05, 3.63) is 35.4 Å². The standard InChI is InChI=1S/C10H12N2O2/c11-5-7-2-1-3-8(4-7)10(14)9(13)6-12/h1-4,9-10,13-14H,6,12H2. The van der Waals surface area contributed by atoms with Crippen molar-refractivity contribution in [2.24, 2.45) is 5.73 Å². The van der Waals surface area contributed by atoms with Gasteiger partial charge in [-0.25, -0.2) is 0 Å². The van der Waals surface area contributed by atoms with E-state index in [0.717, 1.165) is 0 Å². The normalized spacial score (nSPS) is 14.4. The van der Waals surface area contributed by atoms with Gasteiger partial charge in [-0.3, -0.25) is 0 Å². The van der Waals surface area contributed by atoms with Gasteiger partial charge in [-0.05, 0) is 17.7 Å². The molecule has 0 fully saturated rings. The second-order valence-corrected chi connectivity index (χ2v) is 2.99. The number of benzene rings is 1. The Kier molecular flexibility index (Phi) is 3.60. The number of hydrogen-bond acceptors (Lipinski definition) is 4. The van der Waals surface area contributed by atoms with Crippen molar-refractivity contribution in [1.82, 2.24) is 0 Å². The van der Waals surface area contributed by atoms with Gasteiger partial charge in [0.1, 0.15) is 6.10 Å². The number of aliphatic hydroxyl groups excluding tert-OH is 2. The van der Waals surface area contributed by atoms with Crippen LogP contribution in [0.1, 0.15) is 17.2 Å². The van der Waals surface area contributed by atoms with E-state index >= 15 is 0 Å². The largest absolute Gasteiger partial charge is 0.389 e. The fourth-order valence-corrected chi connectivity index (χ4v) is 1.14. The van der Waals surface area contributed by atoms with Crippen molar-refractivity contribution in [3.63, 3.8) is 0 Å². The monoisotopic (exact) mass is 192 g/mol. The van der Waals surface area contributed by atoms with Crippen LogP contribution >= 0.6 is 0 Å². The van der Waals surface area contributed by atoms with E-state index in [4.69, 9.17) is 11.0 Å². The third-order valence-electron chi connectivity index (χ3n) is 1.96. The van der Waals surface area contributed by atoms with Crippen LogP contribution < -0.4 is 5.73 Å². The second-order valence-electron chi connectivity index (χ2n) is 2.99. The maximum atomic E-state index is 9.57. The zero-order chi connectivity index (χ0) is 10.6. The third-order valence-corrected chi connectivity index (χ3v) is 1.96. The molecule has 4 N–H and O–H groups in total. The molecule has 4 heteroatoms. The Labute approximate surface area is 82.2 Å². The number of hydrogen-bond donors (Lipinski definition) is 3. The van der Waals surface area contributed by atoms with Crippen LogP contribution in [0.2, 0.25) is 0 Å². The van der Waals surface area contributed by atoms with Gasteiger partial charge < -0.3 is 15.9 Å².